The first-order valence-corrected chi connectivity index (χ1v) is 4.37. The van der Waals surface area contributed by atoms with Crippen molar-refractivity contribution in [2.75, 3.05) is 7.11 Å². The summed E-state index contributed by atoms with van der Waals surface area (Å²) in [6.07, 6.45) is 2.24. The Morgan fingerprint density at radius 2 is 1.77 bits per heavy atom. The molecule has 4 nitrogen and oxygen atoms in total. The highest BCUT2D eigenvalue weighted by Crippen LogP contribution is 2.67. The molecule has 3 saturated carbocycles. The van der Waals surface area contributed by atoms with Crippen molar-refractivity contribution in [3.05, 3.63) is 0 Å². The van der Waals surface area contributed by atoms with Crippen molar-refractivity contribution >= 4 is 11.9 Å². The Labute approximate surface area is 75.9 Å². The van der Waals surface area contributed by atoms with E-state index >= 15 is 0 Å². The molecule has 0 saturated heterocycles. The highest BCUT2D eigenvalue weighted by atomic mass is 16.5. The van der Waals surface area contributed by atoms with Gasteiger partial charge in [-0.3, -0.25) is 9.59 Å². The molecular formula is C9H12O4. The Bertz CT molecular complexity index is 275. The predicted octanol–water partition coefficient (Wildman–Crippen LogP) is 0.804. The van der Waals surface area contributed by atoms with Crippen molar-refractivity contribution in [1.29, 1.82) is 0 Å². The number of carboxylic acids is 1. The number of fused-ring (bicyclic) bond motifs is 1. The Balaban J connectivity index is 2.15. The van der Waals surface area contributed by atoms with Gasteiger partial charge in [0, 0.05) is 0 Å². The molecule has 0 spiro atoms. The highest BCUT2D eigenvalue weighted by molar-refractivity contribution is 5.86. The van der Waals surface area contributed by atoms with E-state index in [1.54, 1.807) is 0 Å². The van der Waals surface area contributed by atoms with Crippen LogP contribution in [-0.2, 0) is 14.3 Å². The number of carbonyl (C=O) groups is 2. The monoisotopic (exact) mass is 184 g/mol. The zero-order valence-corrected chi connectivity index (χ0v) is 7.50. The van der Waals surface area contributed by atoms with Gasteiger partial charge < -0.3 is 9.84 Å². The van der Waals surface area contributed by atoms with Crippen molar-refractivity contribution in [1.82, 2.24) is 0 Å². The summed E-state index contributed by atoms with van der Waals surface area (Å²) in [5.74, 6) is -0.994. The lowest BCUT2D eigenvalue weighted by atomic mass is 9.60. The smallest absolute Gasteiger partial charge is 0.311 e. The van der Waals surface area contributed by atoms with Gasteiger partial charge in [-0.05, 0) is 25.7 Å². The molecule has 0 aromatic rings. The summed E-state index contributed by atoms with van der Waals surface area (Å²) in [6, 6.07) is 0. The molecule has 4 heteroatoms. The summed E-state index contributed by atoms with van der Waals surface area (Å²) in [5, 5.41) is 8.93. The summed E-state index contributed by atoms with van der Waals surface area (Å²) in [4.78, 5) is 22.2. The van der Waals surface area contributed by atoms with Gasteiger partial charge in [-0.25, -0.2) is 0 Å². The number of esters is 1. The number of carboxylic acid groups (broad SMARTS) is 1. The van der Waals surface area contributed by atoms with E-state index in [1.165, 1.54) is 7.11 Å². The van der Waals surface area contributed by atoms with Crippen LogP contribution in [0.15, 0.2) is 0 Å². The van der Waals surface area contributed by atoms with E-state index in [0.29, 0.717) is 25.7 Å². The van der Waals surface area contributed by atoms with E-state index in [4.69, 9.17) is 5.11 Å². The fourth-order valence-corrected chi connectivity index (χ4v) is 2.80. The van der Waals surface area contributed by atoms with Crippen LogP contribution >= 0.6 is 0 Å². The minimum atomic E-state index is -0.760. The average Bonchev–Trinajstić information content (AvgIpc) is 2.57. The van der Waals surface area contributed by atoms with E-state index in [2.05, 4.69) is 4.74 Å². The van der Waals surface area contributed by atoms with Gasteiger partial charge >= 0.3 is 11.9 Å². The molecule has 0 heterocycles. The average molecular weight is 184 g/mol. The van der Waals surface area contributed by atoms with Gasteiger partial charge in [-0.15, -0.1) is 0 Å². The molecule has 0 radical (unpaired) electrons. The summed E-state index contributed by atoms with van der Waals surface area (Å²) >= 11 is 0. The summed E-state index contributed by atoms with van der Waals surface area (Å²) < 4.78 is 4.67. The first kappa shape index (κ1) is 8.53. The number of aliphatic carboxylic acids is 1. The van der Waals surface area contributed by atoms with Crippen LogP contribution in [0, 0.1) is 10.8 Å². The quantitative estimate of drug-likeness (QED) is 0.645. The van der Waals surface area contributed by atoms with Crippen molar-refractivity contribution in [2.45, 2.75) is 25.7 Å². The van der Waals surface area contributed by atoms with E-state index in [1.807, 2.05) is 0 Å². The zero-order chi connectivity index (χ0) is 9.69. The molecule has 1 N–H and O–H groups in total. The molecule has 3 aliphatic rings. The van der Waals surface area contributed by atoms with Crippen molar-refractivity contribution in [3.63, 3.8) is 0 Å². The first-order valence-electron chi connectivity index (χ1n) is 4.37. The molecule has 3 fully saturated rings. The number of rotatable bonds is 2. The molecule has 3 rings (SSSR count). The minimum absolute atomic E-state index is 0.234. The minimum Gasteiger partial charge on any atom is -0.481 e. The second-order valence-electron chi connectivity index (χ2n) is 4.21. The van der Waals surface area contributed by atoms with Crippen molar-refractivity contribution < 1.29 is 19.4 Å². The van der Waals surface area contributed by atoms with Gasteiger partial charge in [-0.1, -0.05) is 0 Å². The van der Waals surface area contributed by atoms with E-state index in [0.717, 1.165) is 0 Å². The fourth-order valence-electron chi connectivity index (χ4n) is 2.80. The van der Waals surface area contributed by atoms with Gasteiger partial charge in [0.05, 0.1) is 17.9 Å². The van der Waals surface area contributed by atoms with Crippen LogP contribution in [-0.4, -0.2) is 24.2 Å². The number of ether oxygens (including phenoxy) is 1. The van der Waals surface area contributed by atoms with Crippen LogP contribution in [0.1, 0.15) is 25.7 Å². The Kier molecular flexibility index (Phi) is 1.47. The van der Waals surface area contributed by atoms with E-state index in [9.17, 15) is 9.59 Å². The molecule has 72 valence electrons. The van der Waals surface area contributed by atoms with Crippen molar-refractivity contribution in [3.8, 4) is 0 Å². The second-order valence-corrected chi connectivity index (χ2v) is 4.21. The number of methoxy groups -OCH3 is 1. The van der Waals surface area contributed by atoms with Crippen LogP contribution < -0.4 is 0 Å². The molecule has 2 bridgehead atoms. The first-order chi connectivity index (χ1) is 6.05. The largest absolute Gasteiger partial charge is 0.481 e. The Hall–Kier alpha value is -1.06. The SMILES string of the molecule is COC(=O)C12CCC(C(=O)O)(C1)C2. The van der Waals surface area contributed by atoms with E-state index < -0.39 is 16.8 Å². The number of carbonyl (C=O) groups excluding carboxylic acids is 1. The maximum atomic E-state index is 11.3. The summed E-state index contributed by atoms with van der Waals surface area (Å²) in [6.45, 7) is 0. The predicted molar refractivity (Wildman–Crippen MR) is 43.0 cm³/mol. The molecule has 0 aliphatic heterocycles. The standard InChI is InChI=1S/C9H12O4/c1-13-7(12)9-3-2-8(4-9,5-9)6(10)11/h2-5H2,1H3,(H,10,11). The lowest BCUT2D eigenvalue weighted by Gasteiger charge is -2.42. The van der Waals surface area contributed by atoms with Crippen LogP contribution in [0.3, 0.4) is 0 Å². The van der Waals surface area contributed by atoms with Gasteiger partial charge in [0.15, 0.2) is 0 Å². The third-order valence-electron chi connectivity index (χ3n) is 3.51. The highest BCUT2D eigenvalue weighted by Gasteiger charge is 2.68. The maximum Gasteiger partial charge on any atom is 0.311 e. The van der Waals surface area contributed by atoms with Gasteiger partial charge in [0.25, 0.3) is 0 Å². The van der Waals surface area contributed by atoms with E-state index in [-0.39, 0.29) is 5.97 Å². The summed E-state index contributed by atoms with van der Waals surface area (Å²) in [7, 11) is 1.36. The Morgan fingerprint density at radius 1 is 1.23 bits per heavy atom. The Morgan fingerprint density at radius 3 is 2.15 bits per heavy atom. The van der Waals surface area contributed by atoms with Crippen LogP contribution in [0.4, 0.5) is 0 Å². The third-order valence-corrected chi connectivity index (χ3v) is 3.51. The molecule has 0 unspecified atom stereocenters. The zero-order valence-electron chi connectivity index (χ0n) is 7.50. The van der Waals surface area contributed by atoms with Gasteiger partial charge in [0.1, 0.15) is 0 Å². The number of hydrogen-bond acceptors (Lipinski definition) is 3. The topological polar surface area (TPSA) is 63.6 Å². The van der Waals surface area contributed by atoms with Gasteiger partial charge in [-0.2, -0.15) is 0 Å². The molecule has 3 aliphatic carbocycles. The van der Waals surface area contributed by atoms with Gasteiger partial charge in [0.2, 0.25) is 0 Å². The fraction of sp³-hybridized carbons (Fsp3) is 0.778. The second kappa shape index (κ2) is 2.25. The molecule has 0 amide bonds. The lowest BCUT2D eigenvalue weighted by Crippen LogP contribution is -2.47. The molecule has 0 aromatic heterocycles. The molecular weight excluding hydrogens is 172 g/mol. The van der Waals surface area contributed by atoms with Crippen LogP contribution in [0.2, 0.25) is 0 Å². The summed E-state index contributed by atoms with van der Waals surface area (Å²) in [5.41, 5.74) is -1.05. The molecule has 0 atom stereocenters. The molecule has 0 aromatic carbocycles. The number of hydrogen-bond donors (Lipinski definition) is 1. The lowest BCUT2D eigenvalue weighted by molar-refractivity contribution is -0.169. The third kappa shape index (κ3) is 0.857. The van der Waals surface area contributed by atoms with Crippen LogP contribution in [0.25, 0.3) is 0 Å². The van der Waals surface area contributed by atoms with Crippen LogP contribution in [0.5, 0.6) is 0 Å². The van der Waals surface area contributed by atoms with Crippen molar-refractivity contribution in [2.24, 2.45) is 10.8 Å². The maximum absolute atomic E-state index is 11.3. The normalized spacial score (nSPS) is 41.0. The molecule has 13 heavy (non-hydrogen) atoms.